The number of esters is 1. The number of hydrogen-bond acceptors (Lipinski definition) is 3. The minimum Gasteiger partial charge on any atom is -1.00 e. The first-order valence-electron chi connectivity index (χ1n) is 13.2. The van der Waals surface area contributed by atoms with E-state index in [9.17, 15) is 4.79 Å². The fourth-order valence-electron chi connectivity index (χ4n) is 5.00. The first-order chi connectivity index (χ1) is 19.7. The highest BCUT2D eigenvalue weighted by molar-refractivity contribution is 8.01. The Morgan fingerprint density at radius 2 is 1.07 bits per heavy atom. The molecule has 5 aromatic carbocycles. The van der Waals surface area contributed by atoms with Gasteiger partial charge in [-0.3, -0.25) is 0 Å². The maximum absolute atomic E-state index is 13.5. The number of hydrogen-bond donors (Lipinski definition) is 1. The second-order valence-corrected chi connectivity index (χ2v) is 12.9. The molecular formula is C35H28ClN2O2P. The van der Waals surface area contributed by atoms with Crippen molar-refractivity contribution in [1.29, 1.82) is 0 Å². The molecule has 0 radical (unpaired) electrons. The third kappa shape index (κ3) is 5.45. The van der Waals surface area contributed by atoms with Crippen LogP contribution < -0.4 is 38.5 Å². The quantitative estimate of drug-likeness (QED) is 0.235. The molecule has 202 valence electrons. The van der Waals surface area contributed by atoms with Gasteiger partial charge in [0.2, 0.25) is 5.44 Å². The fourth-order valence-corrected chi connectivity index (χ4v) is 9.19. The van der Waals surface area contributed by atoms with Crippen molar-refractivity contribution in [2.24, 2.45) is 0 Å². The lowest BCUT2D eigenvalue weighted by atomic mass is 10.1. The van der Waals surface area contributed by atoms with E-state index in [1.807, 2.05) is 67.6 Å². The van der Waals surface area contributed by atoms with E-state index in [1.54, 1.807) is 12.1 Å². The van der Waals surface area contributed by atoms with Crippen LogP contribution >= 0.6 is 7.26 Å². The van der Waals surface area contributed by atoms with Crippen LogP contribution in [0.5, 0.6) is 5.88 Å². The number of nitrogens with one attached hydrogen (secondary N) is 1. The van der Waals surface area contributed by atoms with E-state index in [1.165, 1.54) is 0 Å². The van der Waals surface area contributed by atoms with Crippen LogP contribution in [-0.4, -0.2) is 15.9 Å². The second kappa shape index (κ2) is 12.3. The Hall–Kier alpha value is -4.50. The summed E-state index contributed by atoms with van der Waals surface area (Å²) in [6.07, 6.45) is 0. The van der Waals surface area contributed by atoms with Gasteiger partial charge in [-0.15, -0.1) is 0 Å². The lowest BCUT2D eigenvalue weighted by Gasteiger charge is -2.26. The fraction of sp³-hybridized carbons (Fsp3) is 0.0286. The summed E-state index contributed by atoms with van der Waals surface area (Å²) in [5, 5.41) is 3.38. The number of carbonyl (C=O) groups excluding carboxylic acids is 1. The van der Waals surface area contributed by atoms with Gasteiger partial charge >= 0.3 is 5.97 Å². The molecule has 0 amide bonds. The van der Waals surface area contributed by atoms with E-state index >= 15 is 0 Å². The normalized spacial score (nSPS) is 11.0. The van der Waals surface area contributed by atoms with Gasteiger partial charge in [0.05, 0.1) is 5.56 Å². The van der Waals surface area contributed by atoms with Crippen LogP contribution in [0.2, 0.25) is 0 Å². The van der Waals surface area contributed by atoms with Crippen LogP contribution in [0.4, 0.5) is 0 Å². The van der Waals surface area contributed by atoms with Crippen molar-refractivity contribution in [3.63, 3.8) is 0 Å². The van der Waals surface area contributed by atoms with E-state index in [0.717, 1.165) is 32.5 Å². The van der Waals surface area contributed by atoms with Crippen LogP contribution in [0.3, 0.4) is 0 Å². The van der Waals surface area contributed by atoms with E-state index in [4.69, 9.17) is 9.72 Å². The van der Waals surface area contributed by atoms with Gasteiger partial charge in [-0.05, 0) is 55.5 Å². The zero-order chi connectivity index (χ0) is 27.4. The zero-order valence-corrected chi connectivity index (χ0v) is 24.1. The molecule has 6 aromatic rings. The first-order valence-corrected chi connectivity index (χ1v) is 15.0. The summed E-state index contributed by atoms with van der Waals surface area (Å²) in [5.74, 6) is 0.489. The topological polar surface area (TPSA) is 55.0 Å². The summed E-state index contributed by atoms with van der Waals surface area (Å²) in [7, 11) is -2.59. The van der Waals surface area contributed by atoms with Crippen molar-refractivity contribution in [3.05, 3.63) is 157 Å². The lowest BCUT2D eigenvalue weighted by Crippen LogP contribution is -3.00. The van der Waals surface area contributed by atoms with Crippen molar-refractivity contribution >= 4 is 34.6 Å². The number of rotatable bonds is 7. The van der Waals surface area contributed by atoms with Gasteiger partial charge in [-0.25, -0.2) is 4.79 Å². The summed E-state index contributed by atoms with van der Waals surface area (Å²) >= 11 is 0. The Morgan fingerprint density at radius 1 is 0.634 bits per heavy atom. The maximum atomic E-state index is 13.5. The number of nitrogens with zero attached hydrogens (tertiary/aromatic N) is 1. The molecule has 0 fully saturated rings. The number of halogens is 1. The number of H-pyrrole nitrogens is 1. The van der Waals surface area contributed by atoms with Gasteiger partial charge in [0.1, 0.15) is 21.7 Å². The Morgan fingerprint density at radius 3 is 1.54 bits per heavy atom. The average Bonchev–Trinajstić information content (AvgIpc) is 3.44. The monoisotopic (exact) mass is 574 g/mol. The van der Waals surface area contributed by atoms with Crippen molar-refractivity contribution in [2.45, 2.75) is 6.92 Å². The van der Waals surface area contributed by atoms with Crippen LogP contribution in [0, 0.1) is 6.92 Å². The molecule has 0 bridgehead atoms. The summed E-state index contributed by atoms with van der Waals surface area (Å²) in [4.78, 5) is 22.1. The van der Waals surface area contributed by atoms with Crippen molar-refractivity contribution < 1.29 is 21.9 Å². The molecule has 0 aliphatic heterocycles. The number of aromatic nitrogens is 2. The molecule has 0 aliphatic rings. The van der Waals surface area contributed by atoms with E-state index in [0.29, 0.717) is 11.4 Å². The Balaban J connectivity index is 0.00000337. The summed E-state index contributed by atoms with van der Waals surface area (Å²) in [6, 6.07) is 48.7. The molecule has 0 unspecified atom stereocenters. The number of imidazole rings is 1. The molecule has 0 saturated carbocycles. The van der Waals surface area contributed by atoms with Crippen molar-refractivity contribution in [1.82, 2.24) is 9.97 Å². The lowest BCUT2D eigenvalue weighted by molar-refractivity contribution is -0.0000210. The molecule has 0 spiro atoms. The number of aryl methyl sites for hydroxylation is 1. The van der Waals surface area contributed by atoms with Crippen molar-refractivity contribution in [3.8, 4) is 17.3 Å². The minimum atomic E-state index is -2.59. The van der Waals surface area contributed by atoms with Crippen LogP contribution in [0.25, 0.3) is 11.4 Å². The minimum absolute atomic E-state index is 0. The van der Waals surface area contributed by atoms with Crippen LogP contribution in [-0.2, 0) is 0 Å². The largest absolute Gasteiger partial charge is 1.00 e. The Bertz CT molecular complexity index is 1630. The number of ether oxygens (including phenoxy) is 1. The average molecular weight is 575 g/mol. The summed E-state index contributed by atoms with van der Waals surface area (Å²) < 4.78 is 6.19. The van der Waals surface area contributed by atoms with E-state index in [-0.39, 0.29) is 18.3 Å². The zero-order valence-electron chi connectivity index (χ0n) is 22.4. The Kier molecular flexibility index (Phi) is 8.45. The smallest absolute Gasteiger partial charge is 0.345 e. The van der Waals surface area contributed by atoms with Gasteiger partial charge < -0.3 is 22.1 Å². The molecule has 6 rings (SSSR count). The highest BCUT2D eigenvalue weighted by Gasteiger charge is 2.52. The van der Waals surface area contributed by atoms with Gasteiger partial charge in [-0.1, -0.05) is 103 Å². The molecule has 0 aliphatic carbocycles. The predicted molar refractivity (Wildman–Crippen MR) is 165 cm³/mol. The number of aromatic amines is 1. The molecule has 6 heteroatoms. The molecule has 0 atom stereocenters. The second-order valence-electron chi connectivity index (χ2n) is 9.54. The first kappa shape index (κ1) is 28.0. The molecule has 1 heterocycles. The van der Waals surface area contributed by atoms with Gasteiger partial charge in [-0.2, -0.15) is 4.98 Å². The SMILES string of the molecule is Cc1ccc(C(=O)Oc2nc(-c3ccccc3)[nH]c2[P+](c2ccccc2)(c2ccccc2)c2ccccc2)cc1.[Cl-]. The summed E-state index contributed by atoms with van der Waals surface area (Å²) in [6.45, 7) is 1.99. The Labute approximate surface area is 246 Å². The molecule has 0 saturated heterocycles. The van der Waals surface area contributed by atoms with Crippen LogP contribution in [0.1, 0.15) is 15.9 Å². The summed E-state index contributed by atoms with van der Waals surface area (Å²) in [5.41, 5.74) is 3.25. The maximum Gasteiger partial charge on any atom is 0.345 e. The predicted octanol–water partition coefficient (Wildman–Crippen LogP) is 3.23. The van der Waals surface area contributed by atoms with Crippen LogP contribution in [0.15, 0.2) is 146 Å². The van der Waals surface area contributed by atoms with Gasteiger partial charge in [0, 0.05) is 5.56 Å². The highest BCUT2D eigenvalue weighted by Crippen LogP contribution is 2.55. The molecule has 41 heavy (non-hydrogen) atoms. The van der Waals surface area contributed by atoms with Gasteiger partial charge in [0.15, 0.2) is 7.26 Å². The number of carbonyl (C=O) groups is 1. The molecular weight excluding hydrogens is 547 g/mol. The molecule has 4 nitrogen and oxygen atoms in total. The highest BCUT2D eigenvalue weighted by atomic mass is 35.5. The van der Waals surface area contributed by atoms with E-state index in [2.05, 4.69) is 77.8 Å². The van der Waals surface area contributed by atoms with E-state index < -0.39 is 13.2 Å². The van der Waals surface area contributed by atoms with Gasteiger partial charge in [0.25, 0.3) is 5.88 Å². The third-order valence-electron chi connectivity index (χ3n) is 6.94. The number of benzene rings is 5. The third-order valence-corrected chi connectivity index (χ3v) is 11.1. The molecule has 1 N–H and O–H groups in total. The van der Waals surface area contributed by atoms with Crippen molar-refractivity contribution in [2.75, 3.05) is 0 Å². The standard InChI is InChI=1S/C35H28N2O2P.ClH/c1-26-22-24-28(25-23-26)35(38)39-33-34(37-32(36-33)27-14-6-2-7-15-27)40(29-16-8-3-9-17-29,30-18-10-4-11-19-30)31-20-12-5-13-21-31;/h2-25H,1H3,(H,36,37);1H/q+1;/p-1. The molecule has 1 aromatic heterocycles.